The third-order valence-corrected chi connectivity index (χ3v) is 2.00. The van der Waals surface area contributed by atoms with E-state index in [9.17, 15) is 4.39 Å². The maximum absolute atomic E-state index is 12.6. The Morgan fingerprint density at radius 2 is 2.36 bits per heavy atom. The van der Waals surface area contributed by atoms with Gasteiger partial charge in [0.05, 0.1) is 0 Å². The predicted molar refractivity (Wildman–Crippen MR) is 39.8 cm³/mol. The van der Waals surface area contributed by atoms with Gasteiger partial charge < -0.3 is 5.32 Å². The first-order valence-electron chi connectivity index (χ1n) is 3.68. The number of nitrogens with zero attached hydrogens (tertiary/aromatic N) is 1. The predicted octanol–water partition coefficient (Wildman–Crippen LogP) is 0.907. The molecule has 2 nitrogen and oxygen atoms in total. The van der Waals surface area contributed by atoms with Gasteiger partial charge in [-0.3, -0.25) is 0 Å². The zero-order valence-corrected chi connectivity index (χ0v) is 6.05. The Hall–Kier alpha value is -0.960. The highest BCUT2D eigenvalue weighted by molar-refractivity contribution is 5.19. The van der Waals surface area contributed by atoms with Gasteiger partial charge in [0.2, 0.25) is 5.95 Å². The van der Waals surface area contributed by atoms with Crippen molar-refractivity contribution in [3.05, 3.63) is 29.8 Å². The van der Waals surface area contributed by atoms with Crippen LogP contribution < -0.4 is 5.32 Å². The zero-order chi connectivity index (χ0) is 7.68. The van der Waals surface area contributed by atoms with Crippen molar-refractivity contribution in [3.8, 4) is 0 Å². The van der Waals surface area contributed by atoms with E-state index in [0.717, 1.165) is 18.7 Å². The molecule has 1 aliphatic heterocycles. The molecule has 2 rings (SSSR count). The monoisotopic (exact) mass is 152 g/mol. The van der Waals surface area contributed by atoms with Crippen molar-refractivity contribution < 1.29 is 4.39 Å². The lowest BCUT2D eigenvalue weighted by molar-refractivity contribution is 0.445. The molecular weight excluding hydrogens is 143 g/mol. The van der Waals surface area contributed by atoms with E-state index in [0.29, 0.717) is 5.92 Å². The van der Waals surface area contributed by atoms with Crippen molar-refractivity contribution >= 4 is 0 Å². The molecule has 0 spiro atoms. The van der Waals surface area contributed by atoms with Crippen LogP contribution in [0.5, 0.6) is 0 Å². The molecule has 0 aromatic carbocycles. The number of aromatic nitrogens is 1. The Morgan fingerprint density at radius 3 is 2.91 bits per heavy atom. The average molecular weight is 152 g/mol. The fraction of sp³-hybridized carbons (Fsp3) is 0.375. The molecule has 1 aromatic heterocycles. The lowest BCUT2D eigenvalue weighted by Gasteiger charge is -2.27. The van der Waals surface area contributed by atoms with Crippen LogP contribution in [-0.2, 0) is 0 Å². The normalized spacial score (nSPS) is 17.9. The van der Waals surface area contributed by atoms with E-state index in [1.807, 2.05) is 6.07 Å². The standard InChI is InChI=1S/C8H9FN2/c9-8-3-6(1-2-11-8)7-4-10-5-7/h1-3,7,10H,4-5H2. The van der Waals surface area contributed by atoms with Gasteiger partial charge in [0.25, 0.3) is 0 Å². The molecule has 1 N–H and O–H groups in total. The number of pyridine rings is 1. The maximum Gasteiger partial charge on any atom is 0.213 e. The molecule has 2 heterocycles. The van der Waals surface area contributed by atoms with Crippen LogP contribution in [-0.4, -0.2) is 18.1 Å². The number of nitrogens with one attached hydrogen (secondary N) is 1. The Morgan fingerprint density at radius 1 is 1.55 bits per heavy atom. The lowest BCUT2D eigenvalue weighted by atomic mass is 9.95. The van der Waals surface area contributed by atoms with Gasteiger partial charge >= 0.3 is 0 Å². The summed E-state index contributed by atoms with van der Waals surface area (Å²) in [6.45, 7) is 1.92. The largest absolute Gasteiger partial charge is 0.315 e. The van der Waals surface area contributed by atoms with Gasteiger partial charge in [0.1, 0.15) is 0 Å². The summed E-state index contributed by atoms with van der Waals surface area (Å²) < 4.78 is 12.6. The summed E-state index contributed by atoms with van der Waals surface area (Å²) >= 11 is 0. The highest BCUT2D eigenvalue weighted by Gasteiger charge is 2.18. The van der Waals surface area contributed by atoms with Crippen LogP contribution in [0.4, 0.5) is 4.39 Å². The van der Waals surface area contributed by atoms with Gasteiger partial charge in [-0.25, -0.2) is 4.98 Å². The first-order valence-corrected chi connectivity index (χ1v) is 3.68. The first-order chi connectivity index (χ1) is 5.36. The van der Waals surface area contributed by atoms with Crippen molar-refractivity contribution in [3.63, 3.8) is 0 Å². The second-order valence-corrected chi connectivity index (χ2v) is 2.77. The molecular formula is C8H9FN2. The Kier molecular flexibility index (Phi) is 1.58. The molecule has 1 saturated heterocycles. The molecule has 0 atom stereocenters. The third-order valence-electron chi connectivity index (χ3n) is 2.00. The van der Waals surface area contributed by atoms with Crippen LogP contribution in [0, 0.1) is 5.95 Å². The molecule has 0 unspecified atom stereocenters. The lowest BCUT2D eigenvalue weighted by Crippen LogP contribution is -2.39. The average Bonchev–Trinajstić information content (AvgIpc) is 1.83. The molecule has 0 bridgehead atoms. The van der Waals surface area contributed by atoms with Crippen LogP contribution in [0.1, 0.15) is 11.5 Å². The minimum atomic E-state index is -0.380. The van der Waals surface area contributed by atoms with Gasteiger partial charge in [0.15, 0.2) is 0 Å². The highest BCUT2D eigenvalue weighted by atomic mass is 19.1. The van der Waals surface area contributed by atoms with Crippen LogP contribution >= 0.6 is 0 Å². The molecule has 0 radical (unpaired) electrons. The smallest absolute Gasteiger partial charge is 0.213 e. The minimum Gasteiger partial charge on any atom is -0.315 e. The number of hydrogen-bond acceptors (Lipinski definition) is 2. The van der Waals surface area contributed by atoms with Gasteiger partial charge in [0, 0.05) is 25.2 Å². The molecule has 3 heteroatoms. The molecule has 1 aromatic rings. The fourth-order valence-electron chi connectivity index (χ4n) is 1.20. The SMILES string of the molecule is Fc1cc(C2CNC2)ccn1. The van der Waals surface area contributed by atoms with Gasteiger partial charge in [-0.1, -0.05) is 0 Å². The Balaban J connectivity index is 2.23. The molecule has 1 fully saturated rings. The van der Waals surface area contributed by atoms with E-state index >= 15 is 0 Å². The van der Waals surface area contributed by atoms with E-state index in [1.54, 1.807) is 0 Å². The van der Waals surface area contributed by atoms with Gasteiger partial charge in [-0.2, -0.15) is 4.39 Å². The van der Waals surface area contributed by atoms with Gasteiger partial charge in [-0.05, 0) is 17.7 Å². The molecule has 1 aliphatic rings. The molecule has 0 amide bonds. The molecule has 11 heavy (non-hydrogen) atoms. The number of rotatable bonds is 1. The maximum atomic E-state index is 12.6. The summed E-state index contributed by atoms with van der Waals surface area (Å²) in [4.78, 5) is 3.49. The van der Waals surface area contributed by atoms with Crippen molar-refractivity contribution in [2.75, 3.05) is 13.1 Å². The van der Waals surface area contributed by atoms with Crippen molar-refractivity contribution in [2.24, 2.45) is 0 Å². The van der Waals surface area contributed by atoms with E-state index in [1.165, 1.54) is 12.3 Å². The van der Waals surface area contributed by atoms with Crippen molar-refractivity contribution in [2.45, 2.75) is 5.92 Å². The summed E-state index contributed by atoms with van der Waals surface area (Å²) in [5, 5.41) is 3.14. The number of hydrogen-bond donors (Lipinski definition) is 1. The summed E-state index contributed by atoms with van der Waals surface area (Å²) in [6.07, 6.45) is 1.52. The van der Waals surface area contributed by atoms with Crippen molar-refractivity contribution in [1.82, 2.24) is 10.3 Å². The third kappa shape index (κ3) is 1.24. The molecule has 0 saturated carbocycles. The Labute approximate surface area is 64.5 Å². The van der Waals surface area contributed by atoms with Crippen LogP contribution in [0.15, 0.2) is 18.3 Å². The molecule has 58 valence electrons. The number of halogens is 1. The highest BCUT2D eigenvalue weighted by Crippen LogP contribution is 2.18. The summed E-state index contributed by atoms with van der Waals surface area (Å²) in [5.41, 5.74) is 1.05. The quantitative estimate of drug-likeness (QED) is 0.605. The minimum absolute atomic E-state index is 0.380. The molecule has 0 aliphatic carbocycles. The van der Waals surface area contributed by atoms with E-state index in [4.69, 9.17) is 0 Å². The van der Waals surface area contributed by atoms with Crippen LogP contribution in [0.2, 0.25) is 0 Å². The van der Waals surface area contributed by atoms with E-state index in [-0.39, 0.29) is 5.95 Å². The summed E-state index contributed by atoms with van der Waals surface area (Å²) in [5.74, 6) is 0.113. The van der Waals surface area contributed by atoms with E-state index < -0.39 is 0 Å². The van der Waals surface area contributed by atoms with Crippen LogP contribution in [0.3, 0.4) is 0 Å². The fourth-order valence-corrected chi connectivity index (χ4v) is 1.20. The van der Waals surface area contributed by atoms with Gasteiger partial charge in [-0.15, -0.1) is 0 Å². The summed E-state index contributed by atoms with van der Waals surface area (Å²) in [7, 11) is 0. The topological polar surface area (TPSA) is 24.9 Å². The second-order valence-electron chi connectivity index (χ2n) is 2.77. The zero-order valence-electron chi connectivity index (χ0n) is 6.05. The van der Waals surface area contributed by atoms with Crippen LogP contribution in [0.25, 0.3) is 0 Å². The summed E-state index contributed by atoms with van der Waals surface area (Å²) in [6, 6.07) is 3.38. The second kappa shape index (κ2) is 2.58. The van der Waals surface area contributed by atoms with Crippen molar-refractivity contribution in [1.29, 1.82) is 0 Å². The van der Waals surface area contributed by atoms with E-state index in [2.05, 4.69) is 10.3 Å². The first kappa shape index (κ1) is 6.73. The Bertz CT molecular complexity index is 258.